The summed E-state index contributed by atoms with van der Waals surface area (Å²) in [5.41, 5.74) is 0. The molecule has 1 aromatic heterocycles. The number of carbonyl (C=O) groups is 1. The molecule has 4 heteroatoms. The first-order valence-corrected chi connectivity index (χ1v) is 10.6. The van der Waals surface area contributed by atoms with Gasteiger partial charge in [-0.3, -0.25) is 0 Å². The summed E-state index contributed by atoms with van der Waals surface area (Å²) in [4.78, 5) is 15.4. The maximum atomic E-state index is 11.6. The second kappa shape index (κ2) is 16.9. The standard InChI is InChI=1S/C22H38N2O2/c1-2-3-4-5-6-7-8-9-10-11-12-13-14-15-16-17-20-26-22(25)24-19-18-23-21-24/h9-10,18-19,21H,2-8,11-17,20H2,1H3/b10-9-. The van der Waals surface area contributed by atoms with E-state index < -0.39 is 0 Å². The number of aromatic nitrogens is 2. The Hall–Kier alpha value is -1.58. The van der Waals surface area contributed by atoms with Crippen LogP contribution in [0.1, 0.15) is 96.8 Å². The van der Waals surface area contributed by atoms with Gasteiger partial charge in [0.15, 0.2) is 0 Å². The summed E-state index contributed by atoms with van der Waals surface area (Å²) in [6, 6.07) is 0. The Kier molecular flexibility index (Phi) is 14.6. The average molecular weight is 363 g/mol. The van der Waals surface area contributed by atoms with Crippen LogP contribution in [-0.4, -0.2) is 22.3 Å². The van der Waals surface area contributed by atoms with Crippen LogP contribution in [0.4, 0.5) is 4.79 Å². The van der Waals surface area contributed by atoms with E-state index in [2.05, 4.69) is 24.1 Å². The molecule has 0 aromatic carbocycles. The molecule has 148 valence electrons. The fourth-order valence-electron chi connectivity index (χ4n) is 2.95. The van der Waals surface area contributed by atoms with Crippen molar-refractivity contribution in [1.29, 1.82) is 0 Å². The van der Waals surface area contributed by atoms with Crippen LogP contribution in [0.25, 0.3) is 0 Å². The predicted octanol–water partition coefficient (Wildman–Crippen LogP) is 6.91. The molecule has 0 atom stereocenters. The zero-order valence-electron chi connectivity index (χ0n) is 16.7. The van der Waals surface area contributed by atoms with Crippen LogP contribution in [0.15, 0.2) is 30.9 Å². The molecule has 0 bridgehead atoms. The van der Waals surface area contributed by atoms with E-state index >= 15 is 0 Å². The molecule has 4 nitrogen and oxygen atoms in total. The molecule has 1 rings (SSSR count). The Labute approximate surface area is 160 Å². The molecule has 0 N–H and O–H groups in total. The van der Waals surface area contributed by atoms with Crippen molar-refractivity contribution in [2.24, 2.45) is 0 Å². The van der Waals surface area contributed by atoms with Crippen molar-refractivity contribution >= 4 is 6.09 Å². The van der Waals surface area contributed by atoms with Crippen LogP contribution in [0.2, 0.25) is 0 Å². The van der Waals surface area contributed by atoms with Crippen LogP contribution in [0.3, 0.4) is 0 Å². The van der Waals surface area contributed by atoms with Gasteiger partial charge in [0.2, 0.25) is 0 Å². The van der Waals surface area contributed by atoms with Crippen molar-refractivity contribution in [2.45, 2.75) is 96.8 Å². The second-order valence-electron chi connectivity index (χ2n) is 7.02. The number of unbranched alkanes of at least 4 members (excludes halogenated alkanes) is 12. The summed E-state index contributed by atoms with van der Waals surface area (Å²) in [7, 11) is 0. The number of allylic oxidation sites excluding steroid dienone is 2. The maximum absolute atomic E-state index is 11.6. The summed E-state index contributed by atoms with van der Waals surface area (Å²) >= 11 is 0. The van der Waals surface area contributed by atoms with Crippen molar-refractivity contribution in [1.82, 2.24) is 9.55 Å². The number of rotatable bonds is 16. The van der Waals surface area contributed by atoms with Crippen molar-refractivity contribution < 1.29 is 9.53 Å². The van der Waals surface area contributed by atoms with Crippen LogP contribution in [0.5, 0.6) is 0 Å². The van der Waals surface area contributed by atoms with E-state index in [0.717, 1.165) is 12.8 Å². The number of nitrogens with zero attached hydrogens (tertiary/aromatic N) is 2. The molecule has 0 spiro atoms. The summed E-state index contributed by atoms with van der Waals surface area (Å²) in [6.07, 6.45) is 27.0. The molecule has 0 radical (unpaired) electrons. The molecule has 26 heavy (non-hydrogen) atoms. The lowest BCUT2D eigenvalue weighted by Gasteiger charge is -2.04. The van der Waals surface area contributed by atoms with Crippen molar-refractivity contribution in [3.63, 3.8) is 0 Å². The molecule has 0 aliphatic carbocycles. The molecule has 0 unspecified atom stereocenters. The fraction of sp³-hybridized carbons (Fsp3) is 0.727. The molecular weight excluding hydrogens is 324 g/mol. The third kappa shape index (κ3) is 12.7. The Morgan fingerprint density at radius 3 is 2.04 bits per heavy atom. The van der Waals surface area contributed by atoms with E-state index in [-0.39, 0.29) is 6.09 Å². The lowest BCUT2D eigenvalue weighted by Crippen LogP contribution is -2.12. The third-order valence-corrected chi connectivity index (χ3v) is 4.60. The molecule has 0 fully saturated rings. The zero-order chi connectivity index (χ0) is 18.7. The Morgan fingerprint density at radius 1 is 0.885 bits per heavy atom. The van der Waals surface area contributed by atoms with Crippen LogP contribution in [-0.2, 0) is 4.74 Å². The number of carbonyl (C=O) groups excluding carboxylic acids is 1. The van der Waals surface area contributed by atoms with Gasteiger partial charge in [-0.2, -0.15) is 0 Å². The van der Waals surface area contributed by atoms with Crippen molar-refractivity contribution in [2.75, 3.05) is 6.61 Å². The highest BCUT2D eigenvalue weighted by atomic mass is 16.5. The lowest BCUT2D eigenvalue weighted by molar-refractivity contribution is 0.145. The third-order valence-electron chi connectivity index (χ3n) is 4.60. The fourth-order valence-corrected chi connectivity index (χ4v) is 2.95. The van der Waals surface area contributed by atoms with Crippen LogP contribution in [0, 0.1) is 0 Å². The molecule has 0 saturated carbocycles. The quantitative estimate of drug-likeness (QED) is 0.237. The van der Waals surface area contributed by atoms with E-state index in [0.29, 0.717) is 6.61 Å². The van der Waals surface area contributed by atoms with Gasteiger partial charge >= 0.3 is 6.09 Å². The number of hydrogen-bond acceptors (Lipinski definition) is 3. The zero-order valence-corrected chi connectivity index (χ0v) is 16.7. The smallest absolute Gasteiger partial charge is 0.419 e. The van der Waals surface area contributed by atoms with E-state index in [9.17, 15) is 4.79 Å². The Bertz CT molecular complexity index is 455. The van der Waals surface area contributed by atoms with Gasteiger partial charge < -0.3 is 4.74 Å². The minimum Gasteiger partial charge on any atom is -0.449 e. The monoisotopic (exact) mass is 362 g/mol. The maximum Gasteiger partial charge on any atom is 0.419 e. The van der Waals surface area contributed by atoms with E-state index in [1.165, 1.54) is 87.9 Å². The topological polar surface area (TPSA) is 44.1 Å². The van der Waals surface area contributed by atoms with Crippen LogP contribution >= 0.6 is 0 Å². The van der Waals surface area contributed by atoms with Gasteiger partial charge in [-0.1, -0.05) is 76.9 Å². The normalized spacial score (nSPS) is 11.3. The lowest BCUT2D eigenvalue weighted by atomic mass is 10.1. The minimum atomic E-state index is -0.338. The van der Waals surface area contributed by atoms with Gasteiger partial charge in [0.25, 0.3) is 0 Å². The highest BCUT2D eigenvalue weighted by molar-refractivity contribution is 5.69. The molecular formula is C22H38N2O2. The summed E-state index contributed by atoms with van der Waals surface area (Å²) < 4.78 is 6.54. The summed E-state index contributed by atoms with van der Waals surface area (Å²) in [6.45, 7) is 2.77. The van der Waals surface area contributed by atoms with Gasteiger partial charge in [0.05, 0.1) is 6.61 Å². The molecule has 0 saturated heterocycles. The van der Waals surface area contributed by atoms with Gasteiger partial charge in [-0.05, 0) is 32.1 Å². The van der Waals surface area contributed by atoms with Crippen molar-refractivity contribution in [3.05, 3.63) is 30.9 Å². The van der Waals surface area contributed by atoms with E-state index in [4.69, 9.17) is 4.74 Å². The number of hydrogen-bond donors (Lipinski definition) is 0. The molecule has 0 aliphatic rings. The average Bonchev–Trinajstić information content (AvgIpc) is 3.19. The van der Waals surface area contributed by atoms with Gasteiger partial charge in [0.1, 0.15) is 6.33 Å². The summed E-state index contributed by atoms with van der Waals surface area (Å²) in [5, 5.41) is 0. The SMILES string of the molecule is CCCCCCCC/C=C\CCCCCCCCOC(=O)n1ccnc1. The number of imidazole rings is 1. The van der Waals surface area contributed by atoms with Gasteiger partial charge in [-0.25, -0.2) is 14.3 Å². The first-order chi connectivity index (χ1) is 12.8. The first-order valence-electron chi connectivity index (χ1n) is 10.6. The highest BCUT2D eigenvalue weighted by Gasteiger charge is 2.03. The summed E-state index contributed by atoms with van der Waals surface area (Å²) in [5.74, 6) is 0. The highest BCUT2D eigenvalue weighted by Crippen LogP contribution is 2.10. The number of ether oxygens (including phenoxy) is 1. The Balaban J connectivity index is 1.76. The van der Waals surface area contributed by atoms with Crippen LogP contribution < -0.4 is 0 Å². The van der Waals surface area contributed by atoms with Gasteiger partial charge in [0, 0.05) is 12.4 Å². The molecule has 1 heterocycles. The Morgan fingerprint density at radius 2 is 1.46 bits per heavy atom. The molecule has 1 aromatic rings. The minimum absolute atomic E-state index is 0.338. The molecule has 0 amide bonds. The first kappa shape index (κ1) is 22.5. The van der Waals surface area contributed by atoms with Crippen molar-refractivity contribution in [3.8, 4) is 0 Å². The molecule has 0 aliphatic heterocycles. The largest absolute Gasteiger partial charge is 0.449 e. The van der Waals surface area contributed by atoms with E-state index in [1.54, 1.807) is 12.4 Å². The van der Waals surface area contributed by atoms with Gasteiger partial charge in [-0.15, -0.1) is 0 Å². The predicted molar refractivity (Wildman–Crippen MR) is 108 cm³/mol. The van der Waals surface area contributed by atoms with E-state index in [1.807, 2.05) is 0 Å². The second-order valence-corrected chi connectivity index (χ2v) is 7.02.